The van der Waals surface area contributed by atoms with Crippen LogP contribution in [0.25, 0.3) is 0 Å². The lowest BCUT2D eigenvalue weighted by molar-refractivity contribution is -0.142. The Morgan fingerprint density at radius 2 is 2.00 bits per heavy atom. The summed E-state index contributed by atoms with van der Waals surface area (Å²) in [6, 6.07) is -0.191. The standard InChI is InChI=1S/C9H18N2O4S/c1-6(2)10-16(14,15)11-4-7(3)8(5-11)9(12)13/h6-8,10H,4-5H2,1-3H3,(H,12,13)/t7-,8-/m1/s1. The Kier molecular flexibility index (Phi) is 3.92. The molecule has 0 aromatic heterocycles. The van der Waals surface area contributed by atoms with Crippen molar-refractivity contribution in [2.24, 2.45) is 11.8 Å². The molecular formula is C9H18N2O4S. The Labute approximate surface area is 95.8 Å². The maximum Gasteiger partial charge on any atom is 0.308 e. The van der Waals surface area contributed by atoms with E-state index in [1.54, 1.807) is 20.8 Å². The summed E-state index contributed by atoms with van der Waals surface area (Å²) in [6.07, 6.45) is 0. The van der Waals surface area contributed by atoms with Gasteiger partial charge in [-0.1, -0.05) is 6.92 Å². The van der Waals surface area contributed by atoms with E-state index in [0.29, 0.717) is 0 Å². The molecule has 0 spiro atoms. The molecule has 0 amide bonds. The lowest BCUT2D eigenvalue weighted by atomic mass is 9.99. The Balaban J connectivity index is 2.75. The third-order valence-corrected chi connectivity index (χ3v) is 4.37. The van der Waals surface area contributed by atoms with Gasteiger partial charge in [-0.25, -0.2) is 0 Å². The number of hydrogen-bond acceptors (Lipinski definition) is 3. The van der Waals surface area contributed by atoms with E-state index >= 15 is 0 Å². The van der Waals surface area contributed by atoms with Gasteiger partial charge < -0.3 is 5.11 Å². The van der Waals surface area contributed by atoms with Crippen molar-refractivity contribution >= 4 is 16.2 Å². The van der Waals surface area contributed by atoms with Crippen molar-refractivity contribution in [2.45, 2.75) is 26.8 Å². The maximum atomic E-state index is 11.8. The normalized spacial score (nSPS) is 27.5. The zero-order valence-electron chi connectivity index (χ0n) is 9.67. The monoisotopic (exact) mass is 250 g/mol. The molecule has 0 saturated carbocycles. The second kappa shape index (κ2) is 4.68. The first-order valence-electron chi connectivity index (χ1n) is 5.24. The van der Waals surface area contributed by atoms with Gasteiger partial charge in [0.25, 0.3) is 10.2 Å². The van der Waals surface area contributed by atoms with Gasteiger partial charge in [-0.05, 0) is 19.8 Å². The third-order valence-electron chi connectivity index (χ3n) is 2.62. The number of rotatable bonds is 4. The fourth-order valence-corrected chi connectivity index (χ4v) is 3.35. The van der Waals surface area contributed by atoms with Crippen LogP contribution in [-0.2, 0) is 15.0 Å². The molecule has 1 fully saturated rings. The second-order valence-corrected chi connectivity index (χ2v) is 6.22. The molecule has 1 heterocycles. The summed E-state index contributed by atoms with van der Waals surface area (Å²) in [5.74, 6) is -1.69. The van der Waals surface area contributed by atoms with Crippen molar-refractivity contribution < 1.29 is 18.3 Å². The van der Waals surface area contributed by atoms with E-state index in [-0.39, 0.29) is 25.0 Å². The SMILES string of the molecule is CC(C)NS(=O)(=O)N1C[C@@H](C)[C@H](C(=O)O)C1. The van der Waals surface area contributed by atoms with Gasteiger partial charge >= 0.3 is 5.97 Å². The predicted octanol–water partition coefficient (Wildman–Crippen LogP) is -0.118. The van der Waals surface area contributed by atoms with Gasteiger partial charge in [0.05, 0.1) is 5.92 Å². The van der Waals surface area contributed by atoms with Crippen LogP contribution in [0.3, 0.4) is 0 Å². The highest BCUT2D eigenvalue weighted by atomic mass is 32.2. The lowest BCUT2D eigenvalue weighted by Gasteiger charge is -2.18. The van der Waals surface area contributed by atoms with Crippen LogP contribution in [0.1, 0.15) is 20.8 Å². The largest absolute Gasteiger partial charge is 0.481 e. The molecule has 1 rings (SSSR count). The van der Waals surface area contributed by atoms with Gasteiger partial charge in [0.2, 0.25) is 0 Å². The molecule has 0 bridgehead atoms. The minimum atomic E-state index is -3.54. The van der Waals surface area contributed by atoms with Gasteiger partial charge in [0.1, 0.15) is 0 Å². The summed E-state index contributed by atoms with van der Waals surface area (Å²) in [4.78, 5) is 10.9. The molecule has 0 unspecified atom stereocenters. The van der Waals surface area contributed by atoms with Crippen molar-refractivity contribution in [1.82, 2.24) is 9.03 Å². The zero-order valence-corrected chi connectivity index (χ0v) is 10.5. The minimum absolute atomic E-state index is 0.0541. The Morgan fingerprint density at radius 3 is 2.38 bits per heavy atom. The van der Waals surface area contributed by atoms with Gasteiger partial charge in [-0.15, -0.1) is 0 Å². The molecule has 7 heteroatoms. The summed E-state index contributed by atoms with van der Waals surface area (Å²) in [5.41, 5.74) is 0. The van der Waals surface area contributed by atoms with E-state index in [0.717, 1.165) is 0 Å². The van der Waals surface area contributed by atoms with E-state index in [1.165, 1.54) is 4.31 Å². The molecule has 1 saturated heterocycles. The predicted molar refractivity (Wildman–Crippen MR) is 59.1 cm³/mol. The number of nitrogens with zero attached hydrogens (tertiary/aromatic N) is 1. The average Bonchev–Trinajstić information content (AvgIpc) is 2.45. The minimum Gasteiger partial charge on any atom is -0.481 e. The smallest absolute Gasteiger partial charge is 0.308 e. The van der Waals surface area contributed by atoms with Crippen molar-refractivity contribution in [1.29, 1.82) is 0 Å². The molecular weight excluding hydrogens is 232 g/mol. The Bertz CT molecular complexity index is 366. The fourth-order valence-electron chi connectivity index (χ4n) is 1.81. The van der Waals surface area contributed by atoms with Crippen molar-refractivity contribution in [2.75, 3.05) is 13.1 Å². The first-order valence-corrected chi connectivity index (χ1v) is 6.68. The lowest BCUT2D eigenvalue weighted by Crippen LogP contribution is -2.42. The van der Waals surface area contributed by atoms with Gasteiger partial charge in [0, 0.05) is 19.1 Å². The molecule has 0 radical (unpaired) electrons. The van der Waals surface area contributed by atoms with E-state index < -0.39 is 22.1 Å². The van der Waals surface area contributed by atoms with Crippen LogP contribution >= 0.6 is 0 Å². The number of aliphatic carboxylic acids is 1. The van der Waals surface area contributed by atoms with Crippen LogP contribution in [0, 0.1) is 11.8 Å². The van der Waals surface area contributed by atoms with Crippen LogP contribution in [0.4, 0.5) is 0 Å². The maximum absolute atomic E-state index is 11.8. The Morgan fingerprint density at radius 1 is 1.44 bits per heavy atom. The molecule has 1 aliphatic rings. The number of hydrogen-bond donors (Lipinski definition) is 2. The van der Waals surface area contributed by atoms with E-state index in [9.17, 15) is 13.2 Å². The van der Waals surface area contributed by atoms with Crippen LogP contribution in [0.5, 0.6) is 0 Å². The zero-order chi connectivity index (χ0) is 12.5. The summed E-state index contributed by atoms with van der Waals surface area (Å²) in [5, 5.41) is 8.91. The van der Waals surface area contributed by atoms with Crippen molar-refractivity contribution in [3.05, 3.63) is 0 Å². The van der Waals surface area contributed by atoms with Crippen LogP contribution < -0.4 is 4.72 Å². The summed E-state index contributed by atoms with van der Waals surface area (Å²) >= 11 is 0. The average molecular weight is 250 g/mol. The number of carboxylic acids is 1. The summed E-state index contributed by atoms with van der Waals surface area (Å²) in [6.45, 7) is 5.53. The molecule has 2 atom stereocenters. The van der Waals surface area contributed by atoms with Crippen LogP contribution in [0.15, 0.2) is 0 Å². The third kappa shape index (κ3) is 2.93. The fraction of sp³-hybridized carbons (Fsp3) is 0.889. The van der Waals surface area contributed by atoms with E-state index in [4.69, 9.17) is 5.11 Å². The van der Waals surface area contributed by atoms with Crippen molar-refractivity contribution in [3.8, 4) is 0 Å². The van der Waals surface area contributed by atoms with Crippen LogP contribution in [-0.4, -0.2) is 42.9 Å². The molecule has 0 aromatic rings. The highest BCUT2D eigenvalue weighted by Gasteiger charge is 2.40. The van der Waals surface area contributed by atoms with Gasteiger partial charge in [0.15, 0.2) is 0 Å². The summed E-state index contributed by atoms with van der Waals surface area (Å²) in [7, 11) is -3.54. The van der Waals surface area contributed by atoms with Crippen molar-refractivity contribution in [3.63, 3.8) is 0 Å². The second-order valence-electron chi connectivity index (χ2n) is 4.52. The molecule has 6 nitrogen and oxygen atoms in total. The number of carbonyl (C=O) groups is 1. The molecule has 94 valence electrons. The first-order chi connectivity index (χ1) is 7.24. The van der Waals surface area contributed by atoms with E-state index in [2.05, 4.69) is 4.72 Å². The quantitative estimate of drug-likeness (QED) is 0.728. The molecule has 2 N–H and O–H groups in total. The first kappa shape index (κ1) is 13.4. The number of carboxylic acid groups (broad SMARTS) is 1. The molecule has 0 aromatic carbocycles. The van der Waals surface area contributed by atoms with Crippen LogP contribution in [0.2, 0.25) is 0 Å². The molecule has 0 aliphatic carbocycles. The highest BCUT2D eigenvalue weighted by molar-refractivity contribution is 7.87. The highest BCUT2D eigenvalue weighted by Crippen LogP contribution is 2.24. The topological polar surface area (TPSA) is 86.7 Å². The molecule has 1 aliphatic heterocycles. The number of nitrogens with one attached hydrogen (secondary N) is 1. The Hall–Kier alpha value is -0.660. The van der Waals surface area contributed by atoms with Gasteiger partial charge in [-0.3, -0.25) is 4.79 Å². The van der Waals surface area contributed by atoms with Gasteiger partial charge in [-0.2, -0.15) is 17.4 Å². The summed E-state index contributed by atoms with van der Waals surface area (Å²) < 4.78 is 27.2. The van der Waals surface area contributed by atoms with E-state index in [1.807, 2.05) is 0 Å². The molecule has 16 heavy (non-hydrogen) atoms.